The van der Waals surface area contributed by atoms with Gasteiger partial charge in [0, 0.05) is 12.8 Å². The lowest BCUT2D eigenvalue weighted by Gasteiger charge is -2.06. The van der Waals surface area contributed by atoms with Crippen LogP contribution in [0.3, 0.4) is 0 Å². The number of Topliss-reactive ketones (excluding diaryl/α,β-unsaturated/α-hetero) is 1. The largest absolute Gasteiger partial charge is 0.299 e. The Morgan fingerprint density at radius 2 is 1.75 bits per heavy atom. The van der Waals surface area contributed by atoms with Crippen LogP contribution >= 0.6 is 23.2 Å². The summed E-state index contributed by atoms with van der Waals surface area (Å²) in [5, 5.41) is 0.720. The molecule has 0 bridgehead atoms. The second-order valence-corrected chi connectivity index (χ2v) is 5.14. The van der Waals surface area contributed by atoms with Gasteiger partial charge in [-0.25, -0.2) is 8.78 Å². The van der Waals surface area contributed by atoms with E-state index in [1.54, 1.807) is 18.2 Å². The molecule has 0 saturated heterocycles. The van der Waals surface area contributed by atoms with E-state index in [9.17, 15) is 13.6 Å². The number of ketones is 1. The van der Waals surface area contributed by atoms with Gasteiger partial charge in [0.2, 0.25) is 0 Å². The van der Waals surface area contributed by atoms with Crippen molar-refractivity contribution in [3.05, 3.63) is 69.2 Å². The number of halogens is 4. The Balaban J connectivity index is 2.09. The molecule has 0 amide bonds. The molecule has 0 fully saturated rings. The van der Waals surface area contributed by atoms with Crippen molar-refractivity contribution in [3.63, 3.8) is 0 Å². The van der Waals surface area contributed by atoms with Crippen LogP contribution in [-0.4, -0.2) is 5.78 Å². The summed E-state index contributed by atoms with van der Waals surface area (Å²) in [5.41, 5.74) is 1.04. The monoisotopic (exact) mass is 314 g/mol. The van der Waals surface area contributed by atoms with Crippen molar-refractivity contribution < 1.29 is 13.6 Å². The summed E-state index contributed by atoms with van der Waals surface area (Å²) in [6, 6.07) is 8.45. The Labute approximate surface area is 125 Å². The highest BCUT2D eigenvalue weighted by Crippen LogP contribution is 2.26. The first-order valence-electron chi connectivity index (χ1n) is 5.86. The molecule has 0 aliphatic carbocycles. The summed E-state index contributed by atoms with van der Waals surface area (Å²) in [6.45, 7) is 0. The highest BCUT2D eigenvalue weighted by molar-refractivity contribution is 6.42. The Morgan fingerprint density at radius 3 is 2.45 bits per heavy atom. The van der Waals surface area contributed by atoms with Crippen molar-refractivity contribution in [1.29, 1.82) is 0 Å². The first-order chi connectivity index (χ1) is 9.47. The van der Waals surface area contributed by atoms with Crippen LogP contribution in [0.4, 0.5) is 8.78 Å². The smallest absolute Gasteiger partial charge is 0.159 e. The number of carbonyl (C=O) groups excluding carboxylic acids is 1. The first-order valence-corrected chi connectivity index (χ1v) is 6.61. The van der Waals surface area contributed by atoms with Crippen LogP contribution in [-0.2, 0) is 17.6 Å². The Kier molecular flexibility index (Phi) is 4.73. The summed E-state index contributed by atoms with van der Waals surface area (Å²) in [7, 11) is 0. The Bertz CT molecular complexity index is 656. The van der Waals surface area contributed by atoms with Gasteiger partial charge in [-0.1, -0.05) is 41.4 Å². The maximum Gasteiger partial charge on any atom is 0.159 e. The highest BCUT2D eigenvalue weighted by atomic mass is 35.5. The van der Waals surface area contributed by atoms with E-state index in [1.165, 1.54) is 6.07 Å². The fraction of sp³-hybridized carbons (Fsp3) is 0.133. The van der Waals surface area contributed by atoms with Gasteiger partial charge in [-0.3, -0.25) is 4.79 Å². The molecule has 0 unspecified atom stereocenters. The average Bonchev–Trinajstić information content (AvgIpc) is 2.39. The molecule has 0 spiro atoms. The third-order valence-electron chi connectivity index (χ3n) is 2.80. The number of hydrogen-bond acceptors (Lipinski definition) is 1. The third-order valence-corrected chi connectivity index (χ3v) is 3.66. The van der Waals surface area contributed by atoms with Gasteiger partial charge in [0.05, 0.1) is 10.0 Å². The zero-order valence-corrected chi connectivity index (χ0v) is 11.8. The lowest BCUT2D eigenvalue weighted by molar-refractivity contribution is -0.117. The molecule has 2 rings (SSSR count). The van der Waals surface area contributed by atoms with Crippen molar-refractivity contribution in [2.75, 3.05) is 0 Å². The molecule has 2 aromatic carbocycles. The maximum absolute atomic E-state index is 13.0. The van der Waals surface area contributed by atoms with E-state index in [2.05, 4.69) is 0 Å². The summed E-state index contributed by atoms with van der Waals surface area (Å²) in [5.74, 6) is -2.05. The SMILES string of the molecule is O=C(Cc1ccc(F)c(F)c1)Cc1cccc(Cl)c1Cl. The molecule has 5 heteroatoms. The van der Waals surface area contributed by atoms with E-state index in [1.807, 2.05) is 0 Å². The van der Waals surface area contributed by atoms with Crippen LogP contribution in [0, 0.1) is 11.6 Å². The van der Waals surface area contributed by atoms with Gasteiger partial charge in [-0.15, -0.1) is 0 Å². The Morgan fingerprint density at radius 1 is 1.00 bits per heavy atom. The minimum Gasteiger partial charge on any atom is -0.299 e. The number of hydrogen-bond donors (Lipinski definition) is 0. The van der Waals surface area contributed by atoms with Crippen LogP contribution in [0.2, 0.25) is 10.0 Å². The molecule has 0 N–H and O–H groups in total. The number of benzene rings is 2. The molecule has 0 aromatic heterocycles. The predicted molar refractivity (Wildman–Crippen MR) is 75.2 cm³/mol. The van der Waals surface area contributed by atoms with Gasteiger partial charge in [-0.2, -0.15) is 0 Å². The maximum atomic E-state index is 13.0. The van der Waals surface area contributed by atoms with Gasteiger partial charge >= 0.3 is 0 Å². The highest BCUT2D eigenvalue weighted by Gasteiger charge is 2.11. The lowest BCUT2D eigenvalue weighted by atomic mass is 10.0. The van der Waals surface area contributed by atoms with Crippen LogP contribution in [0.25, 0.3) is 0 Å². The molecule has 0 aliphatic rings. The fourth-order valence-corrected chi connectivity index (χ4v) is 2.22. The summed E-state index contributed by atoms with van der Waals surface area (Å²) in [4.78, 5) is 11.9. The fourth-order valence-electron chi connectivity index (χ4n) is 1.84. The summed E-state index contributed by atoms with van der Waals surface area (Å²) >= 11 is 11.9. The first kappa shape index (κ1) is 14.9. The van der Waals surface area contributed by atoms with E-state index in [-0.39, 0.29) is 18.6 Å². The molecule has 0 radical (unpaired) electrons. The molecule has 0 aliphatic heterocycles. The van der Waals surface area contributed by atoms with Crippen LogP contribution < -0.4 is 0 Å². The third kappa shape index (κ3) is 3.56. The van der Waals surface area contributed by atoms with Crippen LogP contribution in [0.5, 0.6) is 0 Å². The normalized spacial score (nSPS) is 10.6. The molecule has 1 nitrogen and oxygen atoms in total. The molecule has 0 saturated carbocycles. The molecule has 2 aromatic rings. The van der Waals surface area contributed by atoms with Crippen LogP contribution in [0.1, 0.15) is 11.1 Å². The summed E-state index contributed by atoms with van der Waals surface area (Å²) in [6.07, 6.45) is 0.110. The van der Waals surface area contributed by atoms with Crippen molar-refractivity contribution in [2.45, 2.75) is 12.8 Å². The van der Waals surface area contributed by atoms with Gasteiger partial charge in [0.1, 0.15) is 5.78 Å². The lowest BCUT2D eigenvalue weighted by Crippen LogP contribution is -2.07. The summed E-state index contributed by atoms with van der Waals surface area (Å²) < 4.78 is 25.8. The van der Waals surface area contributed by atoms with E-state index < -0.39 is 11.6 Å². The average molecular weight is 315 g/mol. The van der Waals surface area contributed by atoms with E-state index in [0.29, 0.717) is 21.2 Å². The number of rotatable bonds is 4. The second kappa shape index (κ2) is 6.33. The topological polar surface area (TPSA) is 17.1 Å². The zero-order chi connectivity index (χ0) is 14.7. The van der Waals surface area contributed by atoms with Gasteiger partial charge in [0.15, 0.2) is 11.6 Å². The van der Waals surface area contributed by atoms with E-state index in [4.69, 9.17) is 23.2 Å². The molecule has 0 atom stereocenters. The zero-order valence-electron chi connectivity index (χ0n) is 10.3. The predicted octanol–water partition coefficient (Wildman–Crippen LogP) is 4.63. The van der Waals surface area contributed by atoms with Crippen molar-refractivity contribution in [1.82, 2.24) is 0 Å². The van der Waals surface area contributed by atoms with Crippen molar-refractivity contribution in [3.8, 4) is 0 Å². The second-order valence-electron chi connectivity index (χ2n) is 4.35. The molecule has 104 valence electrons. The van der Waals surface area contributed by atoms with E-state index in [0.717, 1.165) is 12.1 Å². The van der Waals surface area contributed by atoms with E-state index >= 15 is 0 Å². The Hall–Kier alpha value is -1.45. The van der Waals surface area contributed by atoms with Gasteiger partial charge in [0.25, 0.3) is 0 Å². The van der Waals surface area contributed by atoms with Crippen molar-refractivity contribution in [2.24, 2.45) is 0 Å². The number of carbonyl (C=O) groups is 1. The standard InChI is InChI=1S/C15H10Cl2F2O/c16-12-3-1-2-10(15(12)17)8-11(20)6-9-4-5-13(18)14(19)7-9/h1-5,7H,6,8H2. The minimum absolute atomic E-state index is 0.0139. The van der Waals surface area contributed by atoms with Crippen molar-refractivity contribution >= 4 is 29.0 Å². The molecule has 20 heavy (non-hydrogen) atoms. The molecular formula is C15H10Cl2F2O. The van der Waals surface area contributed by atoms with Gasteiger partial charge < -0.3 is 0 Å². The molecule has 0 heterocycles. The quantitative estimate of drug-likeness (QED) is 0.804. The van der Waals surface area contributed by atoms with Gasteiger partial charge in [-0.05, 0) is 29.3 Å². The molecular weight excluding hydrogens is 305 g/mol. The van der Waals surface area contributed by atoms with Crippen LogP contribution in [0.15, 0.2) is 36.4 Å². The minimum atomic E-state index is -0.962.